The molecule has 24 heavy (non-hydrogen) atoms. The number of carboxylic acid groups (broad SMARTS) is 1. The summed E-state index contributed by atoms with van der Waals surface area (Å²) in [7, 11) is 0. The zero-order valence-corrected chi connectivity index (χ0v) is 14.0. The van der Waals surface area contributed by atoms with Crippen LogP contribution in [0.5, 0.6) is 0 Å². The molecule has 1 heterocycles. The molecule has 0 saturated carbocycles. The lowest BCUT2D eigenvalue weighted by molar-refractivity contribution is -0.139. The van der Waals surface area contributed by atoms with Crippen LogP contribution >= 0.6 is 0 Å². The Balaban J connectivity index is 2.10. The lowest BCUT2D eigenvalue weighted by atomic mass is 9.94. The molecule has 2 N–H and O–H groups in total. The first-order chi connectivity index (χ1) is 11.2. The van der Waals surface area contributed by atoms with Crippen molar-refractivity contribution in [2.24, 2.45) is 0 Å². The minimum Gasteiger partial charge on any atom is -0.480 e. The van der Waals surface area contributed by atoms with Gasteiger partial charge in [0.25, 0.3) is 0 Å². The van der Waals surface area contributed by atoms with Gasteiger partial charge in [0.2, 0.25) is 6.41 Å². The predicted molar refractivity (Wildman–Crippen MR) is 88.0 cm³/mol. The number of amides is 2. The number of nitrogens with one attached hydrogen (secondary N) is 1. The highest BCUT2D eigenvalue weighted by Crippen LogP contribution is 2.37. The zero-order valence-electron chi connectivity index (χ0n) is 14.0. The largest absolute Gasteiger partial charge is 0.480 e. The average Bonchev–Trinajstić information content (AvgIpc) is 2.83. The SMILES string of the molecule is CC(C)(C)OC(=O)N[C@@H](C[C@H]1CN(C=O)c2ccccc21)C(=O)O. The molecule has 2 rings (SSSR count). The number of benzene rings is 1. The number of anilines is 1. The summed E-state index contributed by atoms with van der Waals surface area (Å²) < 4.78 is 5.11. The van der Waals surface area contributed by atoms with E-state index >= 15 is 0 Å². The predicted octanol–water partition coefficient (Wildman–Crippen LogP) is 2.11. The smallest absolute Gasteiger partial charge is 0.408 e. The molecular weight excluding hydrogens is 312 g/mol. The van der Waals surface area contributed by atoms with E-state index in [1.807, 2.05) is 24.3 Å². The van der Waals surface area contributed by atoms with Gasteiger partial charge in [-0.1, -0.05) is 18.2 Å². The number of hydrogen-bond donors (Lipinski definition) is 2. The number of nitrogens with zero attached hydrogens (tertiary/aromatic N) is 1. The van der Waals surface area contributed by atoms with Crippen molar-refractivity contribution in [1.82, 2.24) is 5.32 Å². The molecule has 0 radical (unpaired) electrons. The summed E-state index contributed by atoms with van der Waals surface area (Å²) in [5.41, 5.74) is 0.974. The maximum absolute atomic E-state index is 11.9. The third-order valence-corrected chi connectivity index (χ3v) is 3.74. The van der Waals surface area contributed by atoms with Crippen molar-refractivity contribution < 1.29 is 24.2 Å². The van der Waals surface area contributed by atoms with E-state index in [2.05, 4.69) is 5.32 Å². The monoisotopic (exact) mass is 334 g/mol. The lowest BCUT2D eigenvalue weighted by Gasteiger charge is -2.23. The molecule has 0 spiro atoms. The molecule has 7 nitrogen and oxygen atoms in total. The Kier molecular flexibility index (Phi) is 5.11. The molecule has 0 aromatic heterocycles. The second-order valence-corrected chi connectivity index (χ2v) is 6.79. The number of hydrogen-bond acceptors (Lipinski definition) is 4. The van der Waals surface area contributed by atoms with E-state index in [-0.39, 0.29) is 12.3 Å². The Labute approximate surface area is 140 Å². The van der Waals surface area contributed by atoms with E-state index in [4.69, 9.17) is 4.74 Å². The Hall–Kier alpha value is -2.57. The van der Waals surface area contributed by atoms with Gasteiger partial charge in [-0.05, 0) is 38.8 Å². The van der Waals surface area contributed by atoms with E-state index in [9.17, 15) is 19.5 Å². The molecule has 7 heteroatoms. The van der Waals surface area contributed by atoms with E-state index < -0.39 is 23.7 Å². The van der Waals surface area contributed by atoms with Gasteiger partial charge in [0, 0.05) is 18.2 Å². The van der Waals surface area contributed by atoms with Gasteiger partial charge in [0.05, 0.1) is 0 Å². The number of aliphatic carboxylic acids is 1. The Morgan fingerprint density at radius 1 is 1.42 bits per heavy atom. The highest BCUT2D eigenvalue weighted by molar-refractivity contribution is 5.82. The van der Waals surface area contributed by atoms with Gasteiger partial charge in [0.15, 0.2) is 0 Å². The van der Waals surface area contributed by atoms with Crippen LogP contribution in [0.15, 0.2) is 24.3 Å². The fourth-order valence-corrected chi connectivity index (χ4v) is 2.79. The van der Waals surface area contributed by atoms with Crippen LogP contribution in [0.3, 0.4) is 0 Å². The summed E-state index contributed by atoms with van der Waals surface area (Å²) in [4.78, 5) is 36.1. The Morgan fingerprint density at radius 3 is 2.67 bits per heavy atom. The van der Waals surface area contributed by atoms with Gasteiger partial charge >= 0.3 is 12.1 Å². The van der Waals surface area contributed by atoms with Crippen molar-refractivity contribution in [2.45, 2.75) is 44.8 Å². The molecule has 0 bridgehead atoms. The first kappa shape index (κ1) is 17.8. The third-order valence-electron chi connectivity index (χ3n) is 3.74. The zero-order chi connectivity index (χ0) is 17.9. The molecule has 0 saturated heterocycles. The molecule has 2 atom stereocenters. The van der Waals surface area contributed by atoms with Gasteiger partial charge in [-0.2, -0.15) is 0 Å². The van der Waals surface area contributed by atoms with Crippen LogP contribution in [0.2, 0.25) is 0 Å². The van der Waals surface area contributed by atoms with Crippen LogP contribution in [0.25, 0.3) is 0 Å². The molecule has 1 aliphatic heterocycles. The number of carbonyl (C=O) groups excluding carboxylic acids is 2. The van der Waals surface area contributed by atoms with Gasteiger partial charge < -0.3 is 20.1 Å². The Bertz CT molecular complexity index is 638. The fraction of sp³-hybridized carbons (Fsp3) is 0.471. The molecule has 0 unspecified atom stereocenters. The van der Waals surface area contributed by atoms with Gasteiger partial charge in [-0.15, -0.1) is 0 Å². The van der Waals surface area contributed by atoms with E-state index in [0.29, 0.717) is 6.54 Å². The minimum atomic E-state index is -1.14. The van der Waals surface area contributed by atoms with Crippen LogP contribution < -0.4 is 10.2 Å². The average molecular weight is 334 g/mol. The second-order valence-electron chi connectivity index (χ2n) is 6.79. The topological polar surface area (TPSA) is 95.9 Å². The van der Waals surface area contributed by atoms with Crippen molar-refractivity contribution in [3.05, 3.63) is 29.8 Å². The number of alkyl carbamates (subject to hydrolysis) is 1. The maximum Gasteiger partial charge on any atom is 0.408 e. The fourth-order valence-electron chi connectivity index (χ4n) is 2.79. The van der Waals surface area contributed by atoms with E-state index in [0.717, 1.165) is 17.7 Å². The highest BCUT2D eigenvalue weighted by Gasteiger charge is 2.33. The van der Waals surface area contributed by atoms with E-state index in [1.165, 1.54) is 0 Å². The van der Waals surface area contributed by atoms with Gasteiger partial charge in [0.1, 0.15) is 11.6 Å². The number of para-hydroxylation sites is 1. The van der Waals surface area contributed by atoms with Crippen LogP contribution in [-0.4, -0.2) is 41.8 Å². The number of ether oxygens (including phenoxy) is 1. The van der Waals surface area contributed by atoms with Crippen molar-refractivity contribution in [2.75, 3.05) is 11.4 Å². The first-order valence-electron chi connectivity index (χ1n) is 7.74. The van der Waals surface area contributed by atoms with Gasteiger partial charge in [-0.25, -0.2) is 9.59 Å². The molecule has 1 aromatic carbocycles. The lowest BCUT2D eigenvalue weighted by Crippen LogP contribution is -2.44. The molecule has 0 aliphatic carbocycles. The summed E-state index contributed by atoms with van der Waals surface area (Å²) in [5.74, 6) is -1.30. The quantitative estimate of drug-likeness (QED) is 0.804. The summed E-state index contributed by atoms with van der Waals surface area (Å²) in [5, 5.41) is 11.8. The number of rotatable bonds is 5. The first-order valence-corrected chi connectivity index (χ1v) is 7.74. The van der Waals surface area contributed by atoms with Crippen LogP contribution in [-0.2, 0) is 14.3 Å². The normalized spacial score (nSPS) is 17.8. The van der Waals surface area contributed by atoms with E-state index in [1.54, 1.807) is 25.7 Å². The molecule has 1 aliphatic rings. The number of fused-ring (bicyclic) bond motifs is 1. The highest BCUT2D eigenvalue weighted by atomic mass is 16.6. The van der Waals surface area contributed by atoms with Crippen molar-refractivity contribution in [3.63, 3.8) is 0 Å². The number of carboxylic acids is 1. The second kappa shape index (κ2) is 6.90. The molecule has 2 amide bonds. The van der Waals surface area contributed by atoms with Crippen LogP contribution in [0.4, 0.5) is 10.5 Å². The maximum atomic E-state index is 11.9. The summed E-state index contributed by atoms with van der Waals surface area (Å²) in [6.45, 7) is 5.51. The molecule has 0 fully saturated rings. The minimum absolute atomic E-state index is 0.164. The van der Waals surface area contributed by atoms with Crippen LogP contribution in [0.1, 0.15) is 38.7 Å². The molecular formula is C17H22N2O5. The molecule has 1 aromatic rings. The molecule has 130 valence electrons. The summed E-state index contributed by atoms with van der Waals surface area (Å²) >= 11 is 0. The standard InChI is InChI=1S/C17H22N2O5/c1-17(2,3)24-16(23)18-13(15(21)22)8-11-9-19(10-20)14-7-5-4-6-12(11)14/h4-7,10-11,13H,8-9H2,1-3H3,(H,18,23)(H,21,22)/t11-,13-/m0/s1. The van der Waals surface area contributed by atoms with Crippen molar-refractivity contribution in [3.8, 4) is 0 Å². The van der Waals surface area contributed by atoms with Crippen LogP contribution in [0, 0.1) is 0 Å². The van der Waals surface area contributed by atoms with Crippen molar-refractivity contribution in [1.29, 1.82) is 0 Å². The Morgan fingerprint density at radius 2 is 2.08 bits per heavy atom. The third kappa shape index (κ3) is 4.24. The van der Waals surface area contributed by atoms with Gasteiger partial charge in [-0.3, -0.25) is 4.79 Å². The van der Waals surface area contributed by atoms with Crippen molar-refractivity contribution >= 4 is 24.2 Å². The summed E-state index contributed by atoms with van der Waals surface area (Å²) in [6, 6.07) is 6.27. The number of carbonyl (C=O) groups is 3. The summed E-state index contributed by atoms with van der Waals surface area (Å²) in [6.07, 6.45) is 0.139.